The zero-order chi connectivity index (χ0) is 16.9. The van der Waals surface area contributed by atoms with E-state index in [0.717, 1.165) is 13.0 Å². The molecule has 0 aromatic rings. The number of alkyl halides is 3. The van der Waals surface area contributed by atoms with E-state index >= 15 is 0 Å². The summed E-state index contributed by atoms with van der Waals surface area (Å²) in [5, 5.41) is 4.79. The second-order valence-electron chi connectivity index (χ2n) is 4.66. The molecule has 1 saturated heterocycles. The molecular weight excluding hydrogens is 301 g/mol. The lowest BCUT2D eigenvalue weighted by Gasteiger charge is -2.24. The molecule has 0 radical (unpaired) electrons. The van der Waals surface area contributed by atoms with Gasteiger partial charge in [-0.25, -0.2) is 0 Å². The summed E-state index contributed by atoms with van der Waals surface area (Å²) < 4.78 is 43.0. The minimum atomic E-state index is -4.50. The van der Waals surface area contributed by atoms with Crippen LogP contribution in [-0.4, -0.2) is 31.1 Å². The molecule has 1 aliphatic heterocycles. The first kappa shape index (κ1) is 17.8. The Hall–Kier alpha value is -2.25. The predicted octanol–water partition coefficient (Wildman–Crippen LogP) is 1.93. The highest BCUT2D eigenvalue weighted by atomic mass is 19.4. The number of rotatable bonds is 5. The van der Waals surface area contributed by atoms with E-state index in [1.807, 2.05) is 0 Å². The van der Waals surface area contributed by atoms with Crippen LogP contribution in [0.15, 0.2) is 35.8 Å². The second kappa shape index (κ2) is 7.15. The number of ether oxygens (including phenoxy) is 1. The van der Waals surface area contributed by atoms with E-state index in [9.17, 15) is 22.8 Å². The summed E-state index contributed by atoms with van der Waals surface area (Å²) in [5.41, 5.74) is -0.888. The van der Waals surface area contributed by atoms with Crippen LogP contribution in [0.4, 0.5) is 13.2 Å². The maximum absolute atomic E-state index is 12.7. The third kappa shape index (κ3) is 4.64. The van der Waals surface area contributed by atoms with Crippen molar-refractivity contribution >= 4 is 11.8 Å². The molecule has 1 heterocycles. The molecule has 5 nitrogen and oxygen atoms in total. The molecule has 2 amide bonds. The number of halogens is 3. The van der Waals surface area contributed by atoms with Crippen molar-refractivity contribution in [1.82, 2.24) is 10.6 Å². The number of carbonyl (C=O) groups excluding carboxylic acids is 2. The number of hydrogen-bond donors (Lipinski definition) is 2. The fraction of sp³-hybridized carbons (Fsp3) is 0.429. The number of amides is 2. The van der Waals surface area contributed by atoms with E-state index in [4.69, 9.17) is 4.74 Å². The maximum Gasteiger partial charge on any atom is 0.412 e. The quantitative estimate of drug-likeness (QED) is 0.462. The van der Waals surface area contributed by atoms with Crippen molar-refractivity contribution in [2.45, 2.75) is 32.0 Å². The molecule has 0 saturated carbocycles. The Morgan fingerprint density at radius 1 is 1.45 bits per heavy atom. The average Bonchev–Trinajstić information content (AvgIpc) is 2.41. The van der Waals surface area contributed by atoms with Crippen LogP contribution in [0.5, 0.6) is 0 Å². The SMILES string of the molecule is C=C/C(OC)=C(\C=C(/C)C(F)(F)F)NC1CCC(=O)NC1=O. The molecule has 22 heavy (non-hydrogen) atoms. The largest absolute Gasteiger partial charge is 0.495 e. The average molecular weight is 318 g/mol. The Kier molecular flexibility index (Phi) is 5.78. The van der Waals surface area contributed by atoms with Crippen LogP contribution in [0.3, 0.4) is 0 Å². The molecule has 1 atom stereocenters. The number of methoxy groups -OCH3 is 1. The first-order valence-electron chi connectivity index (χ1n) is 6.45. The molecule has 0 aromatic carbocycles. The first-order valence-corrected chi connectivity index (χ1v) is 6.45. The number of carbonyl (C=O) groups is 2. The summed E-state index contributed by atoms with van der Waals surface area (Å²) in [4.78, 5) is 22.8. The van der Waals surface area contributed by atoms with Crippen molar-refractivity contribution in [1.29, 1.82) is 0 Å². The van der Waals surface area contributed by atoms with Gasteiger partial charge in [0.25, 0.3) is 0 Å². The molecule has 122 valence electrons. The molecule has 0 aliphatic carbocycles. The lowest BCUT2D eigenvalue weighted by atomic mass is 10.1. The lowest BCUT2D eigenvalue weighted by molar-refractivity contribution is -0.134. The molecule has 1 fully saturated rings. The van der Waals surface area contributed by atoms with E-state index < -0.39 is 29.6 Å². The minimum Gasteiger partial charge on any atom is -0.495 e. The van der Waals surface area contributed by atoms with Gasteiger partial charge in [-0.2, -0.15) is 13.2 Å². The van der Waals surface area contributed by atoms with E-state index in [1.54, 1.807) is 0 Å². The topological polar surface area (TPSA) is 67.4 Å². The van der Waals surface area contributed by atoms with Gasteiger partial charge in [0.05, 0.1) is 12.8 Å². The van der Waals surface area contributed by atoms with Crippen molar-refractivity contribution in [2.24, 2.45) is 0 Å². The Labute approximate surface area is 125 Å². The van der Waals surface area contributed by atoms with Crippen LogP contribution < -0.4 is 10.6 Å². The standard InChI is InChI=1S/C14H17F3N2O3/c1-4-11(22-3)10(7-8(2)14(15,16)17)18-9-5-6-12(20)19-13(9)21/h4,7,9,18H,1,5-6H2,2-3H3,(H,19,20,21)/b8-7+,11-10-. The summed E-state index contributed by atoms with van der Waals surface area (Å²) in [6.07, 6.45) is -2.15. The zero-order valence-corrected chi connectivity index (χ0v) is 12.2. The molecule has 0 aromatic heterocycles. The van der Waals surface area contributed by atoms with Gasteiger partial charge in [-0.05, 0) is 25.5 Å². The third-order valence-corrected chi connectivity index (χ3v) is 3.05. The fourth-order valence-electron chi connectivity index (χ4n) is 1.80. The van der Waals surface area contributed by atoms with Crippen LogP contribution in [0.2, 0.25) is 0 Å². The Morgan fingerprint density at radius 3 is 2.55 bits per heavy atom. The van der Waals surface area contributed by atoms with Gasteiger partial charge in [0.15, 0.2) is 0 Å². The number of piperidine rings is 1. The van der Waals surface area contributed by atoms with Crippen LogP contribution in [0, 0.1) is 0 Å². The van der Waals surface area contributed by atoms with Gasteiger partial charge in [0.2, 0.25) is 11.8 Å². The Bertz CT molecular complexity index is 536. The van der Waals surface area contributed by atoms with Gasteiger partial charge in [0.1, 0.15) is 11.8 Å². The van der Waals surface area contributed by atoms with Crippen molar-refractivity contribution in [2.75, 3.05) is 7.11 Å². The van der Waals surface area contributed by atoms with Crippen molar-refractivity contribution in [3.8, 4) is 0 Å². The molecule has 1 aliphatic rings. The Balaban J connectivity index is 3.08. The smallest absolute Gasteiger partial charge is 0.412 e. The Morgan fingerprint density at radius 2 is 2.09 bits per heavy atom. The van der Waals surface area contributed by atoms with Crippen LogP contribution in [0.25, 0.3) is 0 Å². The predicted molar refractivity (Wildman–Crippen MR) is 73.4 cm³/mol. The van der Waals surface area contributed by atoms with Gasteiger partial charge < -0.3 is 10.1 Å². The zero-order valence-electron chi connectivity index (χ0n) is 12.2. The van der Waals surface area contributed by atoms with Gasteiger partial charge in [-0.15, -0.1) is 0 Å². The second-order valence-corrected chi connectivity index (χ2v) is 4.66. The number of hydrogen-bond acceptors (Lipinski definition) is 4. The van der Waals surface area contributed by atoms with Gasteiger partial charge in [-0.1, -0.05) is 6.58 Å². The third-order valence-electron chi connectivity index (χ3n) is 3.05. The van der Waals surface area contributed by atoms with Crippen molar-refractivity contribution < 1.29 is 27.5 Å². The fourth-order valence-corrected chi connectivity index (χ4v) is 1.80. The van der Waals surface area contributed by atoms with E-state index in [2.05, 4.69) is 17.2 Å². The van der Waals surface area contributed by atoms with Crippen molar-refractivity contribution in [3.63, 3.8) is 0 Å². The highest BCUT2D eigenvalue weighted by Gasteiger charge is 2.32. The molecular formula is C14H17F3N2O3. The van der Waals surface area contributed by atoms with Crippen LogP contribution >= 0.6 is 0 Å². The van der Waals surface area contributed by atoms with Gasteiger partial charge in [0, 0.05) is 12.0 Å². The van der Waals surface area contributed by atoms with Crippen LogP contribution in [0.1, 0.15) is 19.8 Å². The summed E-state index contributed by atoms with van der Waals surface area (Å²) >= 11 is 0. The molecule has 8 heteroatoms. The van der Waals surface area contributed by atoms with Gasteiger partial charge in [-0.3, -0.25) is 14.9 Å². The summed E-state index contributed by atoms with van der Waals surface area (Å²) in [6, 6.07) is -0.824. The van der Waals surface area contributed by atoms with Gasteiger partial charge >= 0.3 is 6.18 Å². The summed E-state index contributed by atoms with van der Waals surface area (Å²) in [5.74, 6) is -0.939. The molecule has 1 unspecified atom stereocenters. The highest BCUT2D eigenvalue weighted by Crippen LogP contribution is 2.26. The van der Waals surface area contributed by atoms with E-state index in [1.165, 1.54) is 13.2 Å². The molecule has 0 spiro atoms. The lowest BCUT2D eigenvalue weighted by Crippen LogP contribution is -2.50. The van der Waals surface area contributed by atoms with Crippen LogP contribution in [-0.2, 0) is 14.3 Å². The monoisotopic (exact) mass is 318 g/mol. The summed E-state index contributed by atoms with van der Waals surface area (Å²) in [7, 11) is 1.28. The van der Waals surface area contributed by atoms with E-state index in [0.29, 0.717) is 0 Å². The van der Waals surface area contributed by atoms with Crippen molar-refractivity contribution in [3.05, 3.63) is 35.8 Å². The molecule has 1 rings (SSSR count). The highest BCUT2D eigenvalue weighted by molar-refractivity contribution is 6.00. The first-order chi connectivity index (χ1) is 10.2. The minimum absolute atomic E-state index is 0.0261. The maximum atomic E-state index is 12.7. The van der Waals surface area contributed by atoms with E-state index in [-0.39, 0.29) is 24.3 Å². The number of nitrogens with one attached hydrogen (secondary N) is 2. The number of imide groups is 1. The summed E-state index contributed by atoms with van der Waals surface area (Å²) in [6.45, 7) is 4.36. The normalized spacial score (nSPS) is 21.0. The molecule has 0 bridgehead atoms. The molecule has 2 N–H and O–H groups in total. The number of allylic oxidation sites excluding steroid dienone is 3.